The predicted octanol–water partition coefficient (Wildman–Crippen LogP) is 1.08. The average molecular weight is 188 g/mol. The minimum atomic E-state index is 0.604. The SMILES string of the molecule is COCCCCN(C)C(C)CCN. The predicted molar refractivity (Wildman–Crippen MR) is 56.9 cm³/mol. The summed E-state index contributed by atoms with van der Waals surface area (Å²) in [5, 5.41) is 0. The summed E-state index contributed by atoms with van der Waals surface area (Å²) < 4.78 is 4.99. The molecule has 2 N–H and O–H groups in total. The lowest BCUT2D eigenvalue weighted by molar-refractivity contribution is 0.180. The summed E-state index contributed by atoms with van der Waals surface area (Å²) >= 11 is 0. The fraction of sp³-hybridized carbons (Fsp3) is 1.00. The van der Waals surface area contributed by atoms with Gasteiger partial charge in [-0.3, -0.25) is 0 Å². The maximum absolute atomic E-state index is 5.50. The molecule has 0 aliphatic rings. The lowest BCUT2D eigenvalue weighted by atomic mass is 10.2. The Bertz CT molecular complexity index is 109. The highest BCUT2D eigenvalue weighted by molar-refractivity contribution is 4.63. The van der Waals surface area contributed by atoms with Crippen molar-refractivity contribution in [3.05, 3.63) is 0 Å². The van der Waals surface area contributed by atoms with E-state index in [0.717, 1.165) is 32.5 Å². The molecule has 0 spiro atoms. The fourth-order valence-corrected chi connectivity index (χ4v) is 1.29. The molecule has 0 bridgehead atoms. The van der Waals surface area contributed by atoms with E-state index in [2.05, 4.69) is 18.9 Å². The molecule has 0 aromatic carbocycles. The molecule has 0 heterocycles. The summed E-state index contributed by atoms with van der Waals surface area (Å²) in [6.45, 7) is 5.02. The van der Waals surface area contributed by atoms with E-state index in [4.69, 9.17) is 10.5 Å². The second kappa shape index (κ2) is 8.48. The lowest BCUT2D eigenvalue weighted by Crippen LogP contribution is -2.31. The van der Waals surface area contributed by atoms with E-state index in [-0.39, 0.29) is 0 Å². The highest BCUT2D eigenvalue weighted by Gasteiger charge is 2.06. The van der Waals surface area contributed by atoms with Gasteiger partial charge in [-0.1, -0.05) is 0 Å². The van der Waals surface area contributed by atoms with Crippen LogP contribution in [0.4, 0.5) is 0 Å². The van der Waals surface area contributed by atoms with Gasteiger partial charge >= 0.3 is 0 Å². The molecule has 0 aromatic heterocycles. The van der Waals surface area contributed by atoms with Gasteiger partial charge in [-0.05, 0) is 46.3 Å². The quantitative estimate of drug-likeness (QED) is 0.579. The van der Waals surface area contributed by atoms with E-state index in [1.165, 1.54) is 6.42 Å². The molecule has 0 saturated heterocycles. The summed E-state index contributed by atoms with van der Waals surface area (Å²) in [6.07, 6.45) is 3.44. The van der Waals surface area contributed by atoms with Crippen molar-refractivity contribution in [2.24, 2.45) is 5.73 Å². The van der Waals surface area contributed by atoms with Crippen molar-refractivity contribution < 1.29 is 4.74 Å². The zero-order valence-corrected chi connectivity index (χ0v) is 9.25. The number of hydrogen-bond donors (Lipinski definition) is 1. The number of nitrogens with two attached hydrogens (primary N) is 1. The van der Waals surface area contributed by atoms with E-state index in [0.29, 0.717) is 6.04 Å². The van der Waals surface area contributed by atoms with Crippen LogP contribution in [-0.4, -0.2) is 44.8 Å². The number of methoxy groups -OCH3 is 1. The summed E-state index contributed by atoms with van der Waals surface area (Å²) in [5.74, 6) is 0. The van der Waals surface area contributed by atoms with Crippen LogP contribution in [0.1, 0.15) is 26.2 Å². The zero-order chi connectivity index (χ0) is 10.1. The monoisotopic (exact) mass is 188 g/mol. The number of unbranched alkanes of at least 4 members (excludes halogenated alkanes) is 1. The van der Waals surface area contributed by atoms with Crippen molar-refractivity contribution in [3.8, 4) is 0 Å². The molecule has 1 atom stereocenters. The molecular formula is C10H24N2O. The number of rotatable bonds is 8. The highest BCUT2D eigenvalue weighted by atomic mass is 16.5. The minimum absolute atomic E-state index is 0.604. The Balaban J connectivity index is 3.32. The van der Waals surface area contributed by atoms with Gasteiger partial charge in [-0.25, -0.2) is 0 Å². The number of nitrogens with zero attached hydrogens (tertiary/aromatic N) is 1. The minimum Gasteiger partial charge on any atom is -0.385 e. The Morgan fingerprint density at radius 2 is 2.08 bits per heavy atom. The Morgan fingerprint density at radius 3 is 2.62 bits per heavy atom. The molecular weight excluding hydrogens is 164 g/mol. The second-order valence-electron chi connectivity index (χ2n) is 3.61. The van der Waals surface area contributed by atoms with E-state index < -0.39 is 0 Å². The molecule has 0 fully saturated rings. The molecule has 0 saturated carbocycles. The molecule has 3 heteroatoms. The third-order valence-corrected chi connectivity index (χ3v) is 2.45. The van der Waals surface area contributed by atoms with Crippen LogP contribution < -0.4 is 5.73 Å². The molecule has 0 aromatic rings. The first-order valence-corrected chi connectivity index (χ1v) is 5.11. The van der Waals surface area contributed by atoms with Gasteiger partial charge in [0.2, 0.25) is 0 Å². The number of ether oxygens (including phenoxy) is 1. The van der Waals surface area contributed by atoms with Crippen LogP contribution in [-0.2, 0) is 4.74 Å². The van der Waals surface area contributed by atoms with Crippen molar-refractivity contribution in [1.82, 2.24) is 4.90 Å². The summed E-state index contributed by atoms with van der Waals surface area (Å²) in [5.41, 5.74) is 5.50. The van der Waals surface area contributed by atoms with Gasteiger partial charge in [0.1, 0.15) is 0 Å². The molecule has 0 aliphatic carbocycles. The first-order chi connectivity index (χ1) is 6.22. The van der Waals surface area contributed by atoms with Gasteiger partial charge in [-0.15, -0.1) is 0 Å². The van der Waals surface area contributed by atoms with Gasteiger partial charge in [0.15, 0.2) is 0 Å². The zero-order valence-electron chi connectivity index (χ0n) is 9.25. The van der Waals surface area contributed by atoms with E-state index >= 15 is 0 Å². The van der Waals surface area contributed by atoms with Gasteiger partial charge in [0, 0.05) is 19.8 Å². The third kappa shape index (κ3) is 6.99. The summed E-state index contributed by atoms with van der Waals surface area (Å²) in [6, 6.07) is 0.604. The van der Waals surface area contributed by atoms with Crippen molar-refractivity contribution in [2.45, 2.75) is 32.2 Å². The smallest absolute Gasteiger partial charge is 0.0462 e. The van der Waals surface area contributed by atoms with Gasteiger partial charge in [-0.2, -0.15) is 0 Å². The maximum atomic E-state index is 5.50. The van der Waals surface area contributed by atoms with E-state index in [9.17, 15) is 0 Å². The maximum Gasteiger partial charge on any atom is 0.0462 e. The second-order valence-corrected chi connectivity index (χ2v) is 3.61. The highest BCUT2D eigenvalue weighted by Crippen LogP contribution is 2.01. The Labute approximate surface area is 82.2 Å². The first kappa shape index (κ1) is 12.9. The summed E-state index contributed by atoms with van der Waals surface area (Å²) in [7, 11) is 3.91. The first-order valence-electron chi connectivity index (χ1n) is 5.11. The van der Waals surface area contributed by atoms with Crippen LogP contribution in [0, 0.1) is 0 Å². The summed E-state index contributed by atoms with van der Waals surface area (Å²) in [4.78, 5) is 2.36. The molecule has 0 rings (SSSR count). The molecule has 0 radical (unpaired) electrons. The standard InChI is InChI=1S/C10H24N2O/c1-10(6-7-11)12(2)8-4-5-9-13-3/h10H,4-9,11H2,1-3H3. The molecule has 1 unspecified atom stereocenters. The van der Waals surface area contributed by atoms with Crippen molar-refractivity contribution >= 4 is 0 Å². The molecule has 3 nitrogen and oxygen atoms in total. The topological polar surface area (TPSA) is 38.5 Å². The van der Waals surface area contributed by atoms with Gasteiger partial charge in [0.25, 0.3) is 0 Å². The van der Waals surface area contributed by atoms with Crippen molar-refractivity contribution in [1.29, 1.82) is 0 Å². The Kier molecular flexibility index (Phi) is 8.40. The van der Waals surface area contributed by atoms with Gasteiger partial charge in [0.05, 0.1) is 0 Å². The van der Waals surface area contributed by atoms with E-state index in [1.807, 2.05) is 0 Å². The molecule has 13 heavy (non-hydrogen) atoms. The molecule has 0 aliphatic heterocycles. The van der Waals surface area contributed by atoms with Crippen molar-refractivity contribution in [3.63, 3.8) is 0 Å². The normalized spacial score (nSPS) is 13.6. The largest absolute Gasteiger partial charge is 0.385 e. The Morgan fingerprint density at radius 1 is 1.38 bits per heavy atom. The number of hydrogen-bond acceptors (Lipinski definition) is 3. The van der Waals surface area contributed by atoms with Crippen LogP contribution in [0.5, 0.6) is 0 Å². The van der Waals surface area contributed by atoms with Gasteiger partial charge < -0.3 is 15.4 Å². The van der Waals surface area contributed by atoms with Crippen LogP contribution >= 0.6 is 0 Å². The van der Waals surface area contributed by atoms with E-state index in [1.54, 1.807) is 7.11 Å². The van der Waals surface area contributed by atoms with Crippen LogP contribution in [0.15, 0.2) is 0 Å². The third-order valence-electron chi connectivity index (χ3n) is 2.45. The average Bonchev–Trinajstić information content (AvgIpc) is 2.12. The molecule has 80 valence electrons. The van der Waals surface area contributed by atoms with Crippen LogP contribution in [0.25, 0.3) is 0 Å². The lowest BCUT2D eigenvalue weighted by Gasteiger charge is -2.23. The fourth-order valence-electron chi connectivity index (χ4n) is 1.29. The van der Waals surface area contributed by atoms with Crippen LogP contribution in [0.3, 0.4) is 0 Å². The van der Waals surface area contributed by atoms with Crippen LogP contribution in [0.2, 0.25) is 0 Å². The Hall–Kier alpha value is -0.120. The van der Waals surface area contributed by atoms with Crippen molar-refractivity contribution in [2.75, 3.05) is 33.9 Å². The molecule has 0 amide bonds.